The fourth-order valence-electron chi connectivity index (χ4n) is 1.13. The Morgan fingerprint density at radius 2 is 0.485 bits per heavy atom. The van der Waals surface area contributed by atoms with E-state index < -0.39 is 23.9 Å². The Morgan fingerprint density at radius 1 is 0.364 bits per heavy atom. The smallest absolute Gasteiger partial charge is 0.303 e. The lowest BCUT2D eigenvalue weighted by Gasteiger charge is -1.86. The van der Waals surface area contributed by atoms with Crippen LogP contribution in [0.4, 0.5) is 0 Å². The van der Waals surface area contributed by atoms with Crippen LogP contribution in [0.25, 0.3) is 0 Å². The zero-order valence-electron chi connectivity index (χ0n) is 18.7. The number of aliphatic carboxylic acids is 4. The summed E-state index contributed by atoms with van der Waals surface area (Å²) < 4.78 is 0. The van der Waals surface area contributed by atoms with Gasteiger partial charge in [0.2, 0.25) is 0 Å². The van der Waals surface area contributed by atoms with Gasteiger partial charge >= 0.3 is 23.9 Å². The highest BCUT2D eigenvalue weighted by Gasteiger charge is 1.99. The summed E-state index contributed by atoms with van der Waals surface area (Å²) in [6.45, 7) is 5.51. The molecular weight excluding hydrogens is 460 g/mol. The van der Waals surface area contributed by atoms with Gasteiger partial charge in [-0.05, 0) is 38.7 Å². The first-order valence-electron chi connectivity index (χ1n) is 9.36. The molecule has 0 radical (unpaired) electrons. The fraction of sp³-hybridized carbons (Fsp3) is 0.600. The molecule has 0 heterocycles. The Hall–Kier alpha value is -3.22. The first-order chi connectivity index (χ1) is 14.5. The highest BCUT2D eigenvalue weighted by atomic mass is 28.1. The molecule has 0 fully saturated rings. The van der Waals surface area contributed by atoms with Crippen LogP contribution in [0.15, 0.2) is 0 Å². The Bertz CT molecular complexity index is 487. The van der Waals surface area contributed by atoms with Gasteiger partial charge in [0.1, 0.15) is 23.1 Å². The molecule has 4 N–H and O–H groups in total. The van der Waals surface area contributed by atoms with E-state index in [9.17, 15) is 38.4 Å². The van der Waals surface area contributed by atoms with Crippen LogP contribution in [0.2, 0.25) is 0 Å². The van der Waals surface area contributed by atoms with Crippen molar-refractivity contribution in [1.29, 1.82) is 0 Å². The topological polar surface area (TPSA) is 217 Å². The molecular formula is C20H36O12Si. The molecule has 0 aliphatic rings. The van der Waals surface area contributed by atoms with Gasteiger partial charge in [-0.25, -0.2) is 0 Å². The molecule has 0 aliphatic carbocycles. The van der Waals surface area contributed by atoms with Crippen LogP contribution in [0.5, 0.6) is 0 Å². The summed E-state index contributed by atoms with van der Waals surface area (Å²) in [5, 5.41) is 32.0. The van der Waals surface area contributed by atoms with Gasteiger partial charge in [-0.2, -0.15) is 0 Å². The van der Waals surface area contributed by atoms with Crippen LogP contribution in [-0.4, -0.2) is 78.4 Å². The number of carboxylic acid groups (broad SMARTS) is 4. The molecule has 0 spiro atoms. The number of carbonyl (C=O) groups excluding carboxylic acids is 4. The summed E-state index contributed by atoms with van der Waals surface area (Å²) in [6.07, 6.45) is 0.407. The number of carboxylic acids is 4. The second-order valence-corrected chi connectivity index (χ2v) is 6.38. The van der Waals surface area contributed by atoms with E-state index >= 15 is 0 Å². The predicted molar refractivity (Wildman–Crippen MR) is 122 cm³/mol. The van der Waals surface area contributed by atoms with Gasteiger partial charge in [-0.1, -0.05) is 0 Å². The molecule has 0 aromatic heterocycles. The van der Waals surface area contributed by atoms with Gasteiger partial charge in [0.05, 0.1) is 25.7 Å². The lowest BCUT2D eigenvalue weighted by Crippen LogP contribution is -1.98. The van der Waals surface area contributed by atoms with Crippen molar-refractivity contribution in [2.75, 3.05) is 0 Å². The molecule has 0 saturated heterocycles. The quantitative estimate of drug-likeness (QED) is 0.268. The second kappa shape index (κ2) is 26.8. The Labute approximate surface area is 196 Å². The van der Waals surface area contributed by atoms with Crippen molar-refractivity contribution in [3.05, 3.63) is 0 Å². The fourth-order valence-corrected chi connectivity index (χ4v) is 1.13. The van der Waals surface area contributed by atoms with Crippen LogP contribution in [-0.2, 0) is 38.4 Å². The molecule has 0 aromatic rings. The zero-order chi connectivity index (χ0) is 26.3. The Balaban J connectivity index is -0.000000105. The number of Topliss-reactive ketones (excluding diaryl/α,β-unsaturated/α-hetero) is 4. The first kappa shape index (κ1) is 40.2. The van der Waals surface area contributed by atoms with Crippen molar-refractivity contribution in [2.24, 2.45) is 0 Å². The van der Waals surface area contributed by atoms with Crippen molar-refractivity contribution in [3.63, 3.8) is 0 Å². The molecule has 0 bridgehead atoms. The molecule has 192 valence electrons. The van der Waals surface area contributed by atoms with E-state index in [0.29, 0.717) is 0 Å². The minimum atomic E-state index is -0.916. The summed E-state index contributed by atoms with van der Waals surface area (Å²) in [7, 11) is 0. The molecule has 0 aromatic carbocycles. The van der Waals surface area contributed by atoms with E-state index in [4.69, 9.17) is 20.4 Å². The molecule has 13 heteroatoms. The van der Waals surface area contributed by atoms with Gasteiger partial charge < -0.3 is 39.6 Å². The SMILES string of the molecule is CC(=O)CCC(=O)O.CC(=O)CCC(=O)O.CC(=O)CCC(=O)O.CC(=O)CCC(=O)O.[SiH4]. The van der Waals surface area contributed by atoms with Crippen molar-refractivity contribution < 1.29 is 58.8 Å². The van der Waals surface area contributed by atoms with Gasteiger partial charge in [-0.3, -0.25) is 19.2 Å². The summed E-state index contributed by atoms with van der Waals surface area (Å²) in [4.78, 5) is 79.3. The third-order valence-electron chi connectivity index (χ3n) is 2.76. The van der Waals surface area contributed by atoms with Crippen molar-refractivity contribution in [3.8, 4) is 0 Å². The Morgan fingerprint density at radius 3 is 0.515 bits per heavy atom. The molecule has 0 amide bonds. The predicted octanol–water partition coefficient (Wildman–Crippen LogP) is 0.309. The normalized spacial score (nSPS) is 8.36. The molecule has 33 heavy (non-hydrogen) atoms. The zero-order valence-corrected chi connectivity index (χ0v) is 18.7. The number of hydrogen-bond donors (Lipinski definition) is 4. The maximum absolute atomic E-state index is 10.1. The van der Waals surface area contributed by atoms with Gasteiger partial charge in [-0.15, -0.1) is 0 Å². The van der Waals surface area contributed by atoms with Gasteiger partial charge in [0, 0.05) is 25.7 Å². The van der Waals surface area contributed by atoms with Crippen molar-refractivity contribution in [2.45, 2.75) is 79.1 Å². The van der Waals surface area contributed by atoms with Crippen LogP contribution in [0, 0.1) is 0 Å². The van der Waals surface area contributed by atoms with Crippen molar-refractivity contribution >= 4 is 58.0 Å². The van der Waals surface area contributed by atoms with Crippen LogP contribution >= 0.6 is 0 Å². The average molecular weight is 497 g/mol. The van der Waals surface area contributed by atoms with Crippen LogP contribution in [0.1, 0.15) is 79.1 Å². The van der Waals surface area contributed by atoms with E-state index in [1.807, 2.05) is 0 Å². The number of hydrogen-bond acceptors (Lipinski definition) is 8. The lowest BCUT2D eigenvalue weighted by molar-refractivity contribution is -0.139. The first-order valence-corrected chi connectivity index (χ1v) is 9.36. The standard InChI is InChI=1S/4C5H8O3.H4Si/c4*1-4(6)2-3-5(7)8;/h4*2-3H2,1H3,(H,7,8);1H4. The Kier molecular flexibility index (Phi) is 32.6. The second-order valence-electron chi connectivity index (χ2n) is 6.38. The van der Waals surface area contributed by atoms with Crippen LogP contribution < -0.4 is 0 Å². The van der Waals surface area contributed by atoms with Crippen molar-refractivity contribution in [1.82, 2.24) is 0 Å². The van der Waals surface area contributed by atoms with Gasteiger partial charge in [0.25, 0.3) is 0 Å². The largest absolute Gasteiger partial charge is 0.481 e. The summed E-state index contributed by atoms with van der Waals surface area (Å²) in [5.74, 6) is -3.97. The minimum Gasteiger partial charge on any atom is -0.481 e. The molecule has 0 atom stereocenters. The average Bonchev–Trinajstić information content (AvgIpc) is 2.63. The van der Waals surface area contributed by atoms with E-state index in [0.717, 1.165) is 0 Å². The lowest BCUT2D eigenvalue weighted by atomic mass is 10.2. The summed E-state index contributed by atoms with van der Waals surface area (Å²) in [5.41, 5.74) is 0. The molecule has 0 unspecified atom stereocenters. The number of carbonyl (C=O) groups is 8. The number of rotatable bonds is 12. The summed E-state index contributed by atoms with van der Waals surface area (Å²) >= 11 is 0. The molecule has 0 saturated carbocycles. The van der Waals surface area contributed by atoms with E-state index in [1.165, 1.54) is 27.7 Å². The number of ketones is 4. The highest BCUT2D eigenvalue weighted by Crippen LogP contribution is 1.89. The van der Waals surface area contributed by atoms with E-state index in [1.54, 1.807) is 0 Å². The molecule has 0 aliphatic heterocycles. The molecule has 12 nitrogen and oxygen atoms in total. The van der Waals surface area contributed by atoms with Gasteiger partial charge in [0.15, 0.2) is 0 Å². The van der Waals surface area contributed by atoms with E-state index in [-0.39, 0.29) is 85.5 Å². The van der Waals surface area contributed by atoms with E-state index in [2.05, 4.69) is 0 Å². The minimum absolute atomic E-state index is 0. The monoisotopic (exact) mass is 496 g/mol. The third kappa shape index (κ3) is 73.3. The maximum Gasteiger partial charge on any atom is 0.303 e. The third-order valence-corrected chi connectivity index (χ3v) is 2.76. The summed E-state index contributed by atoms with van der Waals surface area (Å²) in [6, 6.07) is 0. The maximum atomic E-state index is 10.1. The molecule has 0 rings (SSSR count). The highest BCUT2D eigenvalue weighted by molar-refractivity contribution is 5.81. The van der Waals surface area contributed by atoms with Crippen LogP contribution in [0.3, 0.4) is 0 Å².